The van der Waals surface area contributed by atoms with E-state index >= 15 is 0 Å². The Morgan fingerprint density at radius 3 is 1.95 bits per heavy atom. The number of hydrogen-bond acceptors (Lipinski definition) is 4. The molecule has 1 amide bonds. The van der Waals surface area contributed by atoms with Gasteiger partial charge in [-0.1, -0.05) is 13.8 Å². The van der Waals surface area contributed by atoms with Crippen LogP contribution in [0.25, 0.3) is 0 Å². The maximum atomic E-state index is 12.0. The third-order valence-corrected chi connectivity index (χ3v) is 3.41. The molecule has 112 valence electrons. The number of carbonyl (C=O) groups excluding carboxylic acids is 1. The van der Waals surface area contributed by atoms with E-state index in [1.807, 2.05) is 0 Å². The first-order chi connectivity index (χ1) is 8.30. The van der Waals surface area contributed by atoms with E-state index in [9.17, 15) is 9.59 Å². The molecule has 3 N–H and O–H groups in total. The quantitative estimate of drug-likeness (QED) is 0.813. The fourth-order valence-electron chi connectivity index (χ4n) is 1.57. The van der Waals surface area contributed by atoms with Gasteiger partial charge >= 0.3 is 12.1 Å². The number of carbonyl (C=O) groups is 2. The number of rotatable bonds is 4. The molecule has 2 atom stereocenters. The van der Waals surface area contributed by atoms with Crippen LogP contribution in [0.5, 0.6) is 0 Å². The molecular weight excluding hydrogens is 248 g/mol. The molecule has 2 unspecified atom stereocenters. The van der Waals surface area contributed by atoms with Gasteiger partial charge < -0.3 is 20.5 Å². The number of aliphatic carboxylic acids is 1. The minimum atomic E-state index is -1.09. The molecule has 19 heavy (non-hydrogen) atoms. The van der Waals surface area contributed by atoms with Crippen molar-refractivity contribution >= 4 is 12.1 Å². The summed E-state index contributed by atoms with van der Waals surface area (Å²) in [6.45, 7) is 10.5. The Hall–Kier alpha value is -1.30. The number of nitrogens with zero attached hydrogens (tertiary/aromatic N) is 1. The zero-order valence-corrected chi connectivity index (χ0v) is 12.9. The van der Waals surface area contributed by atoms with Crippen molar-refractivity contribution in [3.05, 3.63) is 0 Å². The van der Waals surface area contributed by atoms with E-state index in [4.69, 9.17) is 15.6 Å². The lowest BCUT2D eigenvalue weighted by Gasteiger charge is -2.40. The number of nitrogens with two attached hydrogens (primary N) is 1. The molecule has 0 bridgehead atoms. The highest BCUT2D eigenvalue weighted by Crippen LogP contribution is 2.28. The molecule has 0 aliphatic rings. The first kappa shape index (κ1) is 17.7. The standard InChI is InChI=1S/C13H26N2O4/c1-8(13(5,6)9(14)10(16)17)15(7)11(18)19-12(2,3)4/h8-9H,14H2,1-7H3,(H,16,17). The van der Waals surface area contributed by atoms with Crippen molar-refractivity contribution in [2.24, 2.45) is 11.1 Å². The van der Waals surface area contributed by atoms with Crippen LogP contribution in [0.1, 0.15) is 41.5 Å². The second-order valence-electron chi connectivity index (χ2n) is 6.40. The maximum Gasteiger partial charge on any atom is 0.410 e. The molecule has 0 spiro atoms. The number of carboxylic acid groups (broad SMARTS) is 1. The fraction of sp³-hybridized carbons (Fsp3) is 0.846. The van der Waals surface area contributed by atoms with E-state index in [0.29, 0.717) is 0 Å². The highest BCUT2D eigenvalue weighted by atomic mass is 16.6. The van der Waals surface area contributed by atoms with Gasteiger partial charge in [0.05, 0.1) is 0 Å². The van der Waals surface area contributed by atoms with E-state index < -0.39 is 29.1 Å². The highest BCUT2D eigenvalue weighted by Gasteiger charge is 2.41. The lowest BCUT2D eigenvalue weighted by Crippen LogP contribution is -2.56. The Morgan fingerprint density at radius 1 is 1.21 bits per heavy atom. The molecule has 0 heterocycles. The average Bonchev–Trinajstić information content (AvgIpc) is 2.23. The molecule has 0 saturated carbocycles. The van der Waals surface area contributed by atoms with Crippen LogP contribution in [0.15, 0.2) is 0 Å². The average molecular weight is 274 g/mol. The molecule has 0 rings (SSSR count). The summed E-state index contributed by atoms with van der Waals surface area (Å²) in [6, 6.07) is -1.44. The first-order valence-electron chi connectivity index (χ1n) is 6.25. The number of ether oxygens (including phenoxy) is 1. The van der Waals surface area contributed by atoms with Gasteiger partial charge in [0.1, 0.15) is 11.6 Å². The van der Waals surface area contributed by atoms with Gasteiger partial charge in [-0.25, -0.2) is 4.79 Å². The zero-order valence-electron chi connectivity index (χ0n) is 12.9. The number of amides is 1. The molecule has 0 fully saturated rings. The van der Waals surface area contributed by atoms with Crippen LogP contribution in [-0.4, -0.2) is 46.8 Å². The lowest BCUT2D eigenvalue weighted by atomic mass is 9.78. The second-order valence-corrected chi connectivity index (χ2v) is 6.40. The Morgan fingerprint density at radius 2 is 1.63 bits per heavy atom. The molecule has 0 aromatic heterocycles. The van der Waals surface area contributed by atoms with Crippen molar-refractivity contribution in [2.75, 3.05) is 7.05 Å². The summed E-state index contributed by atoms with van der Waals surface area (Å²) in [5, 5.41) is 9.01. The van der Waals surface area contributed by atoms with Crippen LogP contribution in [0.3, 0.4) is 0 Å². The second kappa shape index (κ2) is 5.77. The van der Waals surface area contributed by atoms with Crippen LogP contribution in [0.2, 0.25) is 0 Å². The molecule has 0 radical (unpaired) electrons. The van der Waals surface area contributed by atoms with Crippen molar-refractivity contribution in [3.63, 3.8) is 0 Å². The smallest absolute Gasteiger partial charge is 0.410 e. The van der Waals surface area contributed by atoms with E-state index in [1.54, 1.807) is 48.6 Å². The van der Waals surface area contributed by atoms with Crippen molar-refractivity contribution < 1.29 is 19.4 Å². The fourth-order valence-corrected chi connectivity index (χ4v) is 1.57. The minimum Gasteiger partial charge on any atom is -0.480 e. The molecule has 0 saturated heterocycles. The first-order valence-corrected chi connectivity index (χ1v) is 6.25. The summed E-state index contributed by atoms with van der Waals surface area (Å²) in [5.74, 6) is -1.09. The van der Waals surface area contributed by atoms with Gasteiger partial charge in [0.15, 0.2) is 0 Å². The maximum absolute atomic E-state index is 12.0. The molecule has 0 aromatic carbocycles. The summed E-state index contributed by atoms with van der Waals surface area (Å²) in [6.07, 6.45) is -0.495. The van der Waals surface area contributed by atoms with Gasteiger partial charge in [0, 0.05) is 18.5 Å². The van der Waals surface area contributed by atoms with Gasteiger partial charge in [0.2, 0.25) is 0 Å². The predicted molar refractivity (Wildman–Crippen MR) is 72.9 cm³/mol. The van der Waals surface area contributed by atoms with Gasteiger partial charge in [-0.05, 0) is 27.7 Å². The van der Waals surface area contributed by atoms with Gasteiger partial charge in [-0.15, -0.1) is 0 Å². The van der Waals surface area contributed by atoms with Crippen LogP contribution in [0.4, 0.5) is 4.79 Å². The van der Waals surface area contributed by atoms with Crippen LogP contribution >= 0.6 is 0 Å². The third-order valence-electron chi connectivity index (χ3n) is 3.41. The van der Waals surface area contributed by atoms with Crippen LogP contribution in [0, 0.1) is 5.41 Å². The molecule has 0 aliphatic carbocycles. The third kappa shape index (κ3) is 4.70. The van der Waals surface area contributed by atoms with E-state index in [1.165, 1.54) is 4.90 Å². The Balaban J connectivity index is 4.95. The lowest BCUT2D eigenvalue weighted by molar-refractivity contribution is -0.142. The minimum absolute atomic E-state index is 0.381. The zero-order chi connectivity index (χ0) is 15.6. The van der Waals surface area contributed by atoms with Crippen LogP contribution < -0.4 is 5.73 Å². The van der Waals surface area contributed by atoms with E-state index in [0.717, 1.165) is 0 Å². The molecule has 0 aromatic rings. The topological polar surface area (TPSA) is 92.9 Å². The normalized spacial score (nSPS) is 15.6. The van der Waals surface area contributed by atoms with Crippen LogP contribution in [-0.2, 0) is 9.53 Å². The summed E-state index contributed by atoms with van der Waals surface area (Å²) in [4.78, 5) is 24.3. The van der Waals surface area contributed by atoms with Gasteiger partial charge in [-0.2, -0.15) is 0 Å². The monoisotopic (exact) mass is 274 g/mol. The summed E-state index contributed by atoms with van der Waals surface area (Å²) < 4.78 is 5.25. The Bertz CT molecular complexity index is 347. The SMILES string of the molecule is CC(N(C)C(=O)OC(C)(C)C)C(C)(C)C(N)C(=O)O. The molecule has 0 aliphatic heterocycles. The summed E-state index contributed by atoms with van der Waals surface area (Å²) >= 11 is 0. The van der Waals surface area contributed by atoms with Gasteiger partial charge in [-0.3, -0.25) is 4.79 Å². The van der Waals surface area contributed by atoms with E-state index in [-0.39, 0.29) is 6.04 Å². The molecular formula is C13H26N2O4. The van der Waals surface area contributed by atoms with Crippen molar-refractivity contribution in [2.45, 2.75) is 59.2 Å². The van der Waals surface area contributed by atoms with Gasteiger partial charge in [0.25, 0.3) is 0 Å². The largest absolute Gasteiger partial charge is 0.480 e. The number of hydrogen-bond donors (Lipinski definition) is 2. The van der Waals surface area contributed by atoms with Crippen molar-refractivity contribution in [3.8, 4) is 0 Å². The summed E-state index contributed by atoms with van der Waals surface area (Å²) in [7, 11) is 1.58. The van der Waals surface area contributed by atoms with Crippen molar-refractivity contribution in [1.29, 1.82) is 0 Å². The molecule has 6 heteroatoms. The van der Waals surface area contributed by atoms with E-state index in [2.05, 4.69) is 0 Å². The Kier molecular flexibility index (Phi) is 5.38. The predicted octanol–water partition coefficient (Wildman–Crippen LogP) is 1.68. The number of carboxylic acids is 1. The molecule has 6 nitrogen and oxygen atoms in total. The highest BCUT2D eigenvalue weighted by molar-refractivity contribution is 5.75. The van der Waals surface area contributed by atoms with Crippen molar-refractivity contribution in [1.82, 2.24) is 4.90 Å². The summed E-state index contributed by atoms with van der Waals surface area (Å²) in [5.41, 5.74) is 4.31. The Labute approximate surface area is 114 Å².